The second-order valence-electron chi connectivity index (χ2n) is 5.77. The zero-order valence-electron chi connectivity index (χ0n) is 11.1. The Hall–Kier alpha value is -0.930. The van der Waals surface area contributed by atoms with Crippen LogP contribution in [0.25, 0.3) is 0 Å². The van der Waals surface area contributed by atoms with Crippen LogP contribution in [0.4, 0.5) is 4.39 Å². The summed E-state index contributed by atoms with van der Waals surface area (Å²) in [5.41, 5.74) is 4.10. The molecule has 3 N–H and O–H groups in total. The number of hydrazine groups is 1. The van der Waals surface area contributed by atoms with Gasteiger partial charge in [-0.15, -0.1) is 0 Å². The van der Waals surface area contributed by atoms with E-state index in [-0.39, 0.29) is 17.3 Å². The van der Waals surface area contributed by atoms with Gasteiger partial charge in [0.2, 0.25) is 0 Å². The fraction of sp³-hybridized carbons (Fsp3) is 0.571. The van der Waals surface area contributed by atoms with Crippen LogP contribution in [0.2, 0.25) is 0 Å². The van der Waals surface area contributed by atoms with Gasteiger partial charge in [0.1, 0.15) is 5.82 Å². The molecule has 0 saturated carbocycles. The van der Waals surface area contributed by atoms with E-state index in [1.165, 1.54) is 12.1 Å². The van der Waals surface area contributed by atoms with Gasteiger partial charge in [-0.3, -0.25) is 11.3 Å². The minimum absolute atomic E-state index is 0.0739. The highest BCUT2D eigenvalue weighted by Crippen LogP contribution is 2.32. The topological polar surface area (TPSA) is 38.0 Å². The van der Waals surface area contributed by atoms with Crippen LogP contribution >= 0.6 is 0 Å². The van der Waals surface area contributed by atoms with E-state index in [4.69, 9.17) is 5.84 Å². The molecule has 0 aliphatic carbocycles. The highest BCUT2D eigenvalue weighted by atomic mass is 19.1. The Kier molecular flexibility index (Phi) is 4.66. The first-order chi connectivity index (χ1) is 7.84. The van der Waals surface area contributed by atoms with Crippen molar-refractivity contribution < 1.29 is 4.39 Å². The van der Waals surface area contributed by atoms with Crippen molar-refractivity contribution in [3.63, 3.8) is 0 Å². The van der Waals surface area contributed by atoms with Gasteiger partial charge in [0.15, 0.2) is 0 Å². The first kappa shape index (κ1) is 14.1. The Morgan fingerprint density at radius 1 is 1.24 bits per heavy atom. The lowest BCUT2D eigenvalue weighted by atomic mass is 9.77. The number of nitrogens with two attached hydrogens (primary N) is 1. The molecule has 0 heterocycles. The zero-order chi connectivity index (χ0) is 13.1. The third-order valence-corrected chi connectivity index (χ3v) is 3.54. The molecule has 1 rings (SSSR count). The van der Waals surface area contributed by atoms with E-state index in [0.29, 0.717) is 5.92 Å². The van der Waals surface area contributed by atoms with Gasteiger partial charge < -0.3 is 0 Å². The van der Waals surface area contributed by atoms with E-state index in [2.05, 4.69) is 33.1 Å². The maximum absolute atomic E-state index is 12.9. The van der Waals surface area contributed by atoms with Gasteiger partial charge in [-0.05, 0) is 35.4 Å². The van der Waals surface area contributed by atoms with Crippen LogP contribution in [0.1, 0.15) is 45.7 Å². The van der Waals surface area contributed by atoms with Gasteiger partial charge in [-0.1, -0.05) is 39.8 Å². The van der Waals surface area contributed by atoms with Crippen LogP contribution in [-0.4, -0.2) is 0 Å². The van der Waals surface area contributed by atoms with Crippen molar-refractivity contribution in [2.45, 2.75) is 40.2 Å². The summed E-state index contributed by atoms with van der Waals surface area (Å²) in [6, 6.07) is 6.60. The molecule has 0 fully saturated rings. The van der Waals surface area contributed by atoms with Crippen LogP contribution in [0.3, 0.4) is 0 Å². The molecule has 0 spiro atoms. The van der Waals surface area contributed by atoms with Crippen molar-refractivity contribution in [1.29, 1.82) is 0 Å². The Morgan fingerprint density at radius 3 is 2.18 bits per heavy atom. The second kappa shape index (κ2) is 5.61. The number of nitrogens with one attached hydrogen (secondary N) is 1. The minimum atomic E-state index is -0.214. The molecule has 3 heteroatoms. The molecule has 0 aliphatic rings. The molecular weight excluding hydrogens is 215 g/mol. The van der Waals surface area contributed by atoms with Crippen molar-refractivity contribution in [3.05, 3.63) is 35.6 Å². The molecule has 1 aromatic carbocycles. The summed E-state index contributed by atoms with van der Waals surface area (Å²) in [6.45, 7) is 8.87. The molecule has 0 aromatic heterocycles. The lowest BCUT2D eigenvalue weighted by Crippen LogP contribution is -2.31. The smallest absolute Gasteiger partial charge is 0.123 e. The molecule has 2 unspecified atom stereocenters. The van der Waals surface area contributed by atoms with Gasteiger partial charge in [-0.2, -0.15) is 0 Å². The molecule has 17 heavy (non-hydrogen) atoms. The second-order valence-corrected chi connectivity index (χ2v) is 5.77. The van der Waals surface area contributed by atoms with Gasteiger partial charge >= 0.3 is 0 Å². The minimum Gasteiger partial charge on any atom is -0.271 e. The average Bonchev–Trinajstić information content (AvgIpc) is 2.25. The number of benzene rings is 1. The summed E-state index contributed by atoms with van der Waals surface area (Å²) < 4.78 is 12.9. The molecule has 0 radical (unpaired) electrons. The van der Waals surface area contributed by atoms with Gasteiger partial charge in [0, 0.05) is 6.04 Å². The number of hydrogen-bond acceptors (Lipinski definition) is 2. The Labute approximate surface area is 103 Å². The molecule has 2 nitrogen and oxygen atoms in total. The lowest BCUT2D eigenvalue weighted by molar-refractivity contribution is 0.223. The van der Waals surface area contributed by atoms with E-state index in [9.17, 15) is 4.39 Å². The Bertz CT molecular complexity index is 340. The van der Waals surface area contributed by atoms with E-state index in [1.807, 2.05) is 0 Å². The van der Waals surface area contributed by atoms with Crippen LogP contribution in [0, 0.1) is 17.2 Å². The fourth-order valence-electron chi connectivity index (χ4n) is 1.70. The summed E-state index contributed by atoms with van der Waals surface area (Å²) in [6.07, 6.45) is 0.936. The Morgan fingerprint density at radius 2 is 1.76 bits per heavy atom. The summed E-state index contributed by atoms with van der Waals surface area (Å²) in [5, 5.41) is 0. The maximum Gasteiger partial charge on any atom is 0.123 e. The van der Waals surface area contributed by atoms with Crippen LogP contribution in [0.15, 0.2) is 24.3 Å². The molecular formula is C14H23FN2. The third kappa shape index (κ3) is 4.10. The van der Waals surface area contributed by atoms with Crippen molar-refractivity contribution in [1.82, 2.24) is 5.43 Å². The molecule has 0 aliphatic heterocycles. The molecule has 0 saturated heterocycles. The molecule has 96 valence electrons. The van der Waals surface area contributed by atoms with E-state index in [0.717, 1.165) is 12.0 Å². The number of halogens is 1. The zero-order valence-corrected chi connectivity index (χ0v) is 11.1. The standard InChI is InChI=1S/C14H23FN2/c1-10(14(2,3)4)9-13(17-16)11-5-7-12(15)8-6-11/h5-8,10,13,17H,9,16H2,1-4H3. The van der Waals surface area contributed by atoms with E-state index >= 15 is 0 Å². The average molecular weight is 238 g/mol. The van der Waals surface area contributed by atoms with Crippen LogP contribution in [0.5, 0.6) is 0 Å². The SMILES string of the molecule is CC(CC(NN)c1ccc(F)cc1)C(C)(C)C. The first-order valence-corrected chi connectivity index (χ1v) is 6.06. The third-order valence-electron chi connectivity index (χ3n) is 3.54. The highest BCUT2D eigenvalue weighted by molar-refractivity contribution is 5.19. The predicted molar refractivity (Wildman–Crippen MR) is 69.7 cm³/mol. The van der Waals surface area contributed by atoms with Crippen LogP contribution < -0.4 is 11.3 Å². The molecule has 2 atom stereocenters. The van der Waals surface area contributed by atoms with Crippen molar-refractivity contribution in [2.75, 3.05) is 0 Å². The van der Waals surface area contributed by atoms with E-state index in [1.54, 1.807) is 12.1 Å². The largest absolute Gasteiger partial charge is 0.271 e. The Balaban J connectivity index is 2.75. The monoisotopic (exact) mass is 238 g/mol. The van der Waals surface area contributed by atoms with Gasteiger partial charge in [0.25, 0.3) is 0 Å². The molecule has 0 bridgehead atoms. The van der Waals surface area contributed by atoms with Gasteiger partial charge in [-0.25, -0.2) is 4.39 Å². The fourth-order valence-corrected chi connectivity index (χ4v) is 1.70. The van der Waals surface area contributed by atoms with E-state index < -0.39 is 0 Å². The predicted octanol–water partition coefficient (Wildman–Crippen LogP) is 3.40. The normalized spacial score (nSPS) is 15.6. The summed E-state index contributed by atoms with van der Waals surface area (Å²) in [7, 11) is 0. The summed E-state index contributed by atoms with van der Waals surface area (Å²) >= 11 is 0. The highest BCUT2D eigenvalue weighted by Gasteiger charge is 2.23. The van der Waals surface area contributed by atoms with Crippen LogP contribution in [-0.2, 0) is 0 Å². The number of rotatable bonds is 4. The lowest BCUT2D eigenvalue weighted by Gasteiger charge is -2.30. The molecule has 0 amide bonds. The van der Waals surface area contributed by atoms with Crippen molar-refractivity contribution in [3.8, 4) is 0 Å². The quantitative estimate of drug-likeness (QED) is 0.623. The van der Waals surface area contributed by atoms with Crippen molar-refractivity contribution >= 4 is 0 Å². The molecule has 1 aromatic rings. The summed E-state index contributed by atoms with van der Waals surface area (Å²) in [4.78, 5) is 0. The number of hydrogen-bond donors (Lipinski definition) is 2. The summed E-state index contributed by atoms with van der Waals surface area (Å²) in [5.74, 6) is 5.90. The van der Waals surface area contributed by atoms with Crippen molar-refractivity contribution in [2.24, 2.45) is 17.2 Å². The van der Waals surface area contributed by atoms with Gasteiger partial charge in [0.05, 0.1) is 0 Å². The maximum atomic E-state index is 12.9. The first-order valence-electron chi connectivity index (χ1n) is 6.06.